The van der Waals surface area contributed by atoms with Gasteiger partial charge in [-0.1, -0.05) is 133 Å². The highest BCUT2D eigenvalue weighted by Crippen LogP contribution is 2.79. The van der Waals surface area contributed by atoms with Gasteiger partial charge in [0.05, 0.1) is 23.3 Å². The predicted octanol–water partition coefficient (Wildman–Crippen LogP) is 13.9. The number of hydrogen-bond acceptors (Lipinski definition) is 5. The molecule has 5 nitrogen and oxygen atoms in total. The van der Waals surface area contributed by atoms with Crippen LogP contribution in [0.4, 0.5) is 0 Å². The Balaban J connectivity index is 0.842. The first-order chi connectivity index (χ1) is 31.1. The Morgan fingerprint density at radius 1 is 0.444 bits per heavy atom. The second-order valence-corrected chi connectivity index (χ2v) is 17.8. The van der Waals surface area contributed by atoms with E-state index < -0.39 is 0 Å². The lowest BCUT2D eigenvalue weighted by Crippen LogP contribution is -2.58. The van der Waals surface area contributed by atoms with E-state index in [9.17, 15) is 10.5 Å². The molecule has 5 unspecified atom stereocenters. The van der Waals surface area contributed by atoms with Crippen molar-refractivity contribution in [1.82, 2.24) is 15.0 Å². The molecule has 3 fully saturated rings. The Morgan fingerprint density at radius 2 is 1.05 bits per heavy atom. The smallest absolute Gasteiger partial charge is 0.164 e. The predicted molar refractivity (Wildman–Crippen MR) is 251 cm³/mol. The van der Waals surface area contributed by atoms with Gasteiger partial charge in [0.25, 0.3) is 0 Å². The van der Waals surface area contributed by atoms with E-state index in [1.54, 1.807) is 0 Å². The van der Waals surface area contributed by atoms with Crippen molar-refractivity contribution in [2.45, 2.75) is 37.5 Å². The molecule has 63 heavy (non-hydrogen) atoms. The molecule has 8 aromatic carbocycles. The molecule has 9 aromatic rings. The minimum absolute atomic E-state index is 0.364. The molecule has 0 aliphatic heterocycles. The van der Waals surface area contributed by atoms with Crippen LogP contribution < -0.4 is 0 Å². The van der Waals surface area contributed by atoms with Gasteiger partial charge in [0.1, 0.15) is 0 Å². The summed E-state index contributed by atoms with van der Waals surface area (Å²) in [6, 6.07) is 66.0. The van der Waals surface area contributed by atoms with Crippen molar-refractivity contribution in [1.29, 1.82) is 10.5 Å². The summed E-state index contributed by atoms with van der Waals surface area (Å²) in [5.41, 5.74) is 11.6. The lowest BCUT2D eigenvalue weighted by atomic mass is 9.37. The zero-order valence-electron chi connectivity index (χ0n) is 34.6. The van der Waals surface area contributed by atoms with Crippen molar-refractivity contribution in [2.24, 2.45) is 17.3 Å². The van der Waals surface area contributed by atoms with Gasteiger partial charge in [0.2, 0.25) is 0 Å². The van der Waals surface area contributed by atoms with E-state index in [1.807, 2.05) is 42.5 Å². The summed E-state index contributed by atoms with van der Waals surface area (Å²) in [6.45, 7) is 0. The zero-order chi connectivity index (χ0) is 42.1. The van der Waals surface area contributed by atoms with Gasteiger partial charge in [-0.05, 0) is 147 Å². The Morgan fingerprint density at radius 3 is 1.76 bits per heavy atom. The normalized spacial score (nSPS) is 20.8. The van der Waals surface area contributed by atoms with Crippen molar-refractivity contribution < 1.29 is 0 Å². The van der Waals surface area contributed by atoms with E-state index >= 15 is 0 Å². The Hall–Kier alpha value is -7.73. The summed E-state index contributed by atoms with van der Waals surface area (Å²) in [4.78, 5) is 15.4. The fraction of sp³-hybridized carbons (Fsp3) is 0.155. The van der Waals surface area contributed by atoms with Crippen LogP contribution in [-0.4, -0.2) is 15.0 Å². The molecular weight excluding hydrogens is 767 g/mol. The standard InChI is InChI=1S/C58H41N5/c59-34-36-14-16-41(17-15-36)55-61-56(63-57(62-55)53-30-44-10-4-5-11-49(44)50-12-6-7-13-51(50)53)42-24-22-40(23-25-42)54-32-48-31-47-28-46(33-58(47,48)54)38-18-20-39(21-19-38)52-29-43(26-27-45(52)35-60)37-8-2-1-3-9-37/h1-27,29-30,46-48,54H,28,31-33H2. The van der Waals surface area contributed by atoms with Crippen LogP contribution in [0.1, 0.15) is 59.8 Å². The SMILES string of the molecule is N#Cc1ccc(-c2nc(-c3ccc(C4CC5CC6CC(c7ccc(-c8cc(-c9ccccc9)ccc8C#N)cc7)CC654)cc3)nc(-c3cc4ccccc4c4ccccc34)n2)cc1. The number of rotatable bonds is 7. The third-order valence-electron chi connectivity index (χ3n) is 14.9. The van der Waals surface area contributed by atoms with Crippen LogP contribution in [-0.2, 0) is 0 Å². The Labute approximate surface area is 367 Å². The summed E-state index contributed by atoms with van der Waals surface area (Å²) >= 11 is 0. The van der Waals surface area contributed by atoms with Gasteiger partial charge in [0, 0.05) is 22.3 Å². The summed E-state index contributed by atoms with van der Waals surface area (Å²) in [7, 11) is 0. The van der Waals surface area contributed by atoms with Crippen LogP contribution in [0, 0.1) is 39.9 Å². The van der Waals surface area contributed by atoms with Crippen LogP contribution in [0.25, 0.3) is 78.0 Å². The average Bonchev–Trinajstić information content (AvgIpc) is 3.73. The van der Waals surface area contributed by atoms with E-state index in [-0.39, 0.29) is 0 Å². The summed E-state index contributed by atoms with van der Waals surface area (Å²) in [5, 5.41) is 24.1. The molecule has 3 saturated carbocycles. The lowest BCUT2D eigenvalue weighted by molar-refractivity contribution is -0.144. The average molecular weight is 808 g/mol. The Kier molecular flexibility index (Phi) is 8.66. The molecule has 0 saturated heterocycles. The van der Waals surface area contributed by atoms with Crippen molar-refractivity contribution >= 4 is 21.5 Å². The fourth-order valence-electron chi connectivity index (χ4n) is 11.7. The summed E-state index contributed by atoms with van der Waals surface area (Å²) in [6.07, 6.45) is 5.07. The third-order valence-corrected chi connectivity index (χ3v) is 14.9. The molecule has 1 spiro atoms. The molecule has 0 N–H and O–H groups in total. The minimum Gasteiger partial charge on any atom is -0.208 e. The highest BCUT2D eigenvalue weighted by Gasteiger charge is 2.69. The first-order valence-corrected chi connectivity index (χ1v) is 22.0. The van der Waals surface area contributed by atoms with Gasteiger partial charge in [-0.25, -0.2) is 15.0 Å². The van der Waals surface area contributed by atoms with E-state index in [0.717, 1.165) is 66.9 Å². The number of benzene rings is 8. The second kappa shape index (κ2) is 14.7. The monoisotopic (exact) mass is 807 g/mol. The zero-order valence-corrected chi connectivity index (χ0v) is 34.6. The van der Waals surface area contributed by atoms with Gasteiger partial charge in [-0.15, -0.1) is 0 Å². The molecule has 3 aliphatic rings. The van der Waals surface area contributed by atoms with Crippen molar-refractivity contribution in [3.8, 4) is 68.6 Å². The molecule has 12 rings (SSSR count). The van der Waals surface area contributed by atoms with E-state index in [2.05, 4.69) is 146 Å². The highest BCUT2D eigenvalue weighted by atomic mass is 15.0. The van der Waals surface area contributed by atoms with Crippen LogP contribution in [0.5, 0.6) is 0 Å². The van der Waals surface area contributed by atoms with Crippen LogP contribution >= 0.6 is 0 Å². The summed E-state index contributed by atoms with van der Waals surface area (Å²) < 4.78 is 0. The maximum atomic E-state index is 10.0. The molecular formula is C58H41N5. The molecule has 0 radical (unpaired) electrons. The molecule has 298 valence electrons. The number of aromatic nitrogens is 3. The van der Waals surface area contributed by atoms with Crippen LogP contribution in [0.3, 0.4) is 0 Å². The topological polar surface area (TPSA) is 86.2 Å². The lowest BCUT2D eigenvalue weighted by Gasteiger charge is -2.67. The van der Waals surface area contributed by atoms with Gasteiger partial charge in [0.15, 0.2) is 17.5 Å². The molecule has 3 aliphatic carbocycles. The van der Waals surface area contributed by atoms with E-state index in [1.165, 1.54) is 42.2 Å². The van der Waals surface area contributed by atoms with Gasteiger partial charge < -0.3 is 0 Å². The number of hydrogen-bond donors (Lipinski definition) is 0. The van der Waals surface area contributed by atoms with Crippen molar-refractivity contribution in [2.75, 3.05) is 0 Å². The van der Waals surface area contributed by atoms with Gasteiger partial charge >= 0.3 is 0 Å². The molecule has 5 heteroatoms. The van der Waals surface area contributed by atoms with E-state index in [0.29, 0.717) is 45.9 Å². The Bertz CT molecular complexity index is 3330. The number of fused-ring (bicyclic) bond motifs is 3. The fourth-order valence-corrected chi connectivity index (χ4v) is 11.7. The summed E-state index contributed by atoms with van der Waals surface area (Å²) in [5.74, 6) is 4.47. The van der Waals surface area contributed by atoms with Crippen LogP contribution in [0.15, 0.2) is 176 Å². The molecule has 1 aromatic heterocycles. The maximum Gasteiger partial charge on any atom is 0.164 e. The van der Waals surface area contributed by atoms with Gasteiger partial charge in [-0.2, -0.15) is 10.5 Å². The number of nitriles is 2. The second-order valence-electron chi connectivity index (χ2n) is 17.8. The van der Waals surface area contributed by atoms with E-state index in [4.69, 9.17) is 15.0 Å². The van der Waals surface area contributed by atoms with Crippen molar-refractivity contribution in [3.63, 3.8) is 0 Å². The van der Waals surface area contributed by atoms with Crippen molar-refractivity contribution in [3.05, 3.63) is 198 Å². The highest BCUT2D eigenvalue weighted by molar-refractivity contribution is 6.13. The first kappa shape index (κ1) is 37.1. The largest absolute Gasteiger partial charge is 0.208 e. The first-order valence-electron chi connectivity index (χ1n) is 22.0. The molecule has 5 atom stereocenters. The quantitative estimate of drug-likeness (QED) is 0.150. The number of nitrogens with zero attached hydrogens (tertiary/aromatic N) is 5. The molecule has 0 amide bonds. The minimum atomic E-state index is 0.364. The molecule has 1 heterocycles. The van der Waals surface area contributed by atoms with Gasteiger partial charge in [-0.3, -0.25) is 0 Å². The third kappa shape index (κ3) is 6.07. The maximum absolute atomic E-state index is 10.0. The molecule has 0 bridgehead atoms. The van der Waals surface area contributed by atoms with Crippen LogP contribution in [0.2, 0.25) is 0 Å².